The van der Waals surface area contributed by atoms with Crippen molar-refractivity contribution < 1.29 is 33.6 Å². The molecule has 16 heavy (non-hydrogen) atoms. The number of hydrogen-bond donors (Lipinski definition) is 1. The van der Waals surface area contributed by atoms with Gasteiger partial charge in [-0.05, 0) is 0 Å². The molecule has 1 aromatic rings. The highest BCUT2D eigenvalue weighted by Crippen LogP contribution is 2.30. The second-order valence-corrected chi connectivity index (χ2v) is 4.79. The molecule has 0 saturated heterocycles. The summed E-state index contributed by atoms with van der Waals surface area (Å²) in [6.45, 7) is 0. The minimum Gasteiger partial charge on any atom is -0.478 e. The maximum atomic E-state index is 12.9. The molecule has 1 aromatic carbocycles. The number of aromatic carboxylic acids is 1. The third-order valence-corrected chi connectivity index (χ3v) is 3.47. The fourth-order valence-corrected chi connectivity index (χ4v) is 2.47. The van der Waals surface area contributed by atoms with Crippen LogP contribution < -0.4 is 0 Å². The Morgan fingerprint density at radius 3 is 1.75 bits per heavy atom. The van der Waals surface area contributed by atoms with Gasteiger partial charge < -0.3 is 5.11 Å². The van der Waals surface area contributed by atoms with Crippen LogP contribution in [0.1, 0.15) is 10.4 Å². The van der Waals surface area contributed by atoms with Crippen LogP contribution in [0.3, 0.4) is 0 Å². The molecule has 0 heterocycles. The largest absolute Gasteiger partial charge is 0.478 e. The first kappa shape index (κ1) is 12.8. The number of hydrogen-bond acceptors (Lipinski definition) is 3. The van der Waals surface area contributed by atoms with Crippen molar-refractivity contribution >= 4 is 25.8 Å². The topological polar surface area (TPSA) is 71.4 Å². The number of carboxylic acids is 1. The second-order valence-electron chi connectivity index (χ2n) is 2.47. The van der Waals surface area contributed by atoms with Gasteiger partial charge in [0.15, 0.2) is 23.3 Å². The van der Waals surface area contributed by atoms with Crippen LogP contribution >= 0.6 is 19.8 Å². The van der Waals surface area contributed by atoms with E-state index in [2.05, 4.69) is 0 Å². The molecule has 88 valence electrons. The van der Waals surface area contributed by atoms with Crippen molar-refractivity contribution in [1.29, 1.82) is 0 Å². The van der Waals surface area contributed by atoms with Crippen molar-refractivity contribution in [2.75, 3.05) is 0 Å². The highest BCUT2D eigenvalue weighted by Gasteiger charge is 2.31. The molecule has 0 radical (unpaired) electrons. The predicted octanol–water partition coefficient (Wildman–Crippen LogP) is 2.31. The van der Waals surface area contributed by atoms with Crippen LogP contribution in [0.5, 0.6) is 0 Å². The third-order valence-electron chi connectivity index (χ3n) is 1.58. The number of carbonyl (C=O) groups is 1. The smallest absolute Gasteiger partial charge is 0.344 e. The quantitative estimate of drug-likeness (QED) is 0.384. The van der Waals surface area contributed by atoms with E-state index in [0.717, 1.165) is 0 Å². The fraction of sp³-hybridized carbons (Fsp3) is 0. The van der Waals surface area contributed by atoms with Crippen molar-refractivity contribution in [3.63, 3.8) is 0 Å². The first-order chi connectivity index (χ1) is 7.29. The number of halogens is 5. The maximum absolute atomic E-state index is 12.9. The average Bonchev–Trinajstić information content (AvgIpc) is 2.18. The van der Waals surface area contributed by atoms with Gasteiger partial charge in [0.05, 0.1) is 0 Å². The summed E-state index contributed by atoms with van der Waals surface area (Å²) < 4.78 is 70.5. The van der Waals surface area contributed by atoms with Crippen LogP contribution in [0.2, 0.25) is 0 Å². The molecule has 0 aromatic heterocycles. The molecule has 0 aliphatic heterocycles. The van der Waals surface area contributed by atoms with Gasteiger partial charge in [0.1, 0.15) is 9.13 Å². The molecule has 1 N–H and O–H groups in total. The summed E-state index contributed by atoms with van der Waals surface area (Å²) in [6, 6.07) is 0. The molecule has 4 nitrogen and oxygen atoms in total. The molecule has 0 aliphatic rings. The van der Waals surface area contributed by atoms with Gasteiger partial charge in [0, 0.05) is 0 Å². The van der Waals surface area contributed by atoms with Gasteiger partial charge in [0.25, 0.3) is 0 Å². The van der Waals surface area contributed by atoms with Crippen molar-refractivity contribution in [3.8, 4) is 0 Å². The summed E-state index contributed by atoms with van der Waals surface area (Å²) in [5, 5.41) is 8.39. The molecule has 0 saturated carbocycles. The SMILES string of the molecule is O=C(O)c1c(F)c(F)c(F)c(F)c1I(=O)=O. The highest BCUT2D eigenvalue weighted by molar-refractivity contribution is 14.2. The molecule has 9 heteroatoms. The highest BCUT2D eigenvalue weighted by atomic mass is 127. The molecule has 0 amide bonds. The van der Waals surface area contributed by atoms with E-state index in [9.17, 15) is 28.5 Å². The molecule has 0 spiro atoms. The first-order valence-electron chi connectivity index (χ1n) is 3.43. The Morgan fingerprint density at radius 2 is 1.38 bits per heavy atom. The standard InChI is InChI=1S/C7HF4IO4/c8-2-1(7(13)14)6(12(15)16)5(11)4(10)3(2)9/h(H,13,14). The van der Waals surface area contributed by atoms with Crippen molar-refractivity contribution in [1.82, 2.24) is 0 Å². The number of benzene rings is 1. The van der Waals surface area contributed by atoms with E-state index in [1.807, 2.05) is 0 Å². The minimum absolute atomic E-state index is 1.63. The Morgan fingerprint density at radius 1 is 0.938 bits per heavy atom. The summed E-state index contributed by atoms with van der Waals surface area (Å²) >= 11 is -4.82. The van der Waals surface area contributed by atoms with Gasteiger partial charge in [-0.25, -0.2) is 28.5 Å². The van der Waals surface area contributed by atoms with Crippen molar-refractivity contribution in [3.05, 3.63) is 32.4 Å². The summed E-state index contributed by atoms with van der Waals surface area (Å²) in [7, 11) is 0. The minimum atomic E-state index is -4.82. The van der Waals surface area contributed by atoms with Crippen LogP contribution in [-0.4, -0.2) is 11.1 Å². The van der Waals surface area contributed by atoms with Crippen LogP contribution in [0.25, 0.3) is 0 Å². The second kappa shape index (κ2) is 4.31. The van der Waals surface area contributed by atoms with E-state index in [1.54, 1.807) is 0 Å². The zero-order chi connectivity index (χ0) is 12.6. The molecule has 0 atom stereocenters. The molecule has 0 fully saturated rings. The zero-order valence-corrected chi connectivity index (χ0v) is 9.22. The molecule has 0 bridgehead atoms. The lowest BCUT2D eigenvalue weighted by molar-refractivity contribution is 0.0688. The average molecular weight is 352 g/mol. The zero-order valence-electron chi connectivity index (χ0n) is 7.06. The molecule has 0 aliphatic carbocycles. The van der Waals surface area contributed by atoms with E-state index in [-0.39, 0.29) is 0 Å². The lowest BCUT2D eigenvalue weighted by Gasteiger charge is -2.04. The van der Waals surface area contributed by atoms with E-state index in [1.165, 1.54) is 0 Å². The lowest BCUT2D eigenvalue weighted by Crippen LogP contribution is -2.11. The molecule has 0 unspecified atom stereocenters. The Balaban J connectivity index is 3.91. The Kier molecular flexibility index (Phi) is 3.45. The van der Waals surface area contributed by atoms with Crippen LogP contribution in [0.4, 0.5) is 17.6 Å². The Hall–Kier alpha value is -1.26. The van der Waals surface area contributed by atoms with E-state index in [4.69, 9.17) is 5.11 Å². The number of rotatable bonds is 2. The summed E-state index contributed by atoms with van der Waals surface area (Å²) in [6.07, 6.45) is 0. The number of carboxylic acid groups (broad SMARTS) is 1. The van der Waals surface area contributed by atoms with E-state index in [0.29, 0.717) is 0 Å². The summed E-state index contributed by atoms with van der Waals surface area (Å²) in [5.74, 6) is -11.4. The predicted molar refractivity (Wildman–Crippen MR) is 47.3 cm³/mol. The van der Waals surface area contributed by atoms with Gasteiger partial charge in [-0.1, -0.05) is 0 Å². The van der Waals surface area contributed by atoms with Crippen LogP contribution in [-0.2, 0) is 6.14 Å². The van der Waals surface area contributed by atoms with Gasteiger partial charge >= 0.3 is 25.8 Å². The molecule has 1 rings (SSSR count). The summed E-state index contributed by atoms with van der Waals surface area (Å²) in [4.78, 5) is 10.4. The Bertz CT molecular complexity index is 544. The van der Waals surface area contributed by atoms with Crippen LogP contribution in [0.15, 0.2) is 0 Å². The van der Waals surface area contributed by atoms with Gasteiger partial charge in [0.2, 0.25) is 0 Å². The van der Waals surface area contributed by atoms with E-state index >= 15 is 0 Å². The van der Waals surface area contributed by atoms with Crippen molar-refractivity contribution in [2.45, 2.75) is 0 Å². The van der Waals surface area contributed by atoms with Crippen molar-refractivity contribution in [2.24, 2.45) is 0 Å². The molecular weight excluding hydrogens is 351 g/mol. The normalized spacial score (nSPS) is 10.8. The van der Waals surface area contributed by atoms with Crippen LogP contribution in [0, 0.1) is 26.8 Å². The monoisotopic (exact) mass is 352 g/mol. The Labute approximate surface area is 92.0 Å². The fourth-order valence-electron chi connectivity index (χ4n) is 0.938. The van der Waals surface area contributed by atoms with Gasteiger partial charge in [-0.2, -0.15) is 0 Å². The third kappa shape index (κ3) is 1.86. The van der Waals surface area contributed by atoms with Gasteiger partial charge in [-0.15, -0.1) is 0 Å². The molecular formula is C7HF4IO4. The van der Waals surface area contributed by atoms with Gasteiger partial charge in [-0.3, -0.25) is 0 Å². The first-order valence-corrected chi connectivity index (χ1v) is 6.27. The van der Waals surface area contributed by atoms with E-state index < -0.39 is 58.2 Å². The summed E-state index contributed by atoms with van der Waals surface area (Å²) in [5.41, 5.74) is -1.72. The lowest BCUT2D eigenvalue weighted by atomic mass is 10.2. The maximum Gasteiger partial charge on any atom is 0.344 e.